The van der Waals surface area contributed by atoms with Crippen molar-refractivity contribution in [3.05, 3.63) is 35.9 Å². The summed E-state index contributed by atoms with van der Waals surface area (Å²) in [5.41, 5.74) is 1.38. The smallest absolute Gasteiger partial charge is 0.220 e. The molecule has 2 fully saturated rings. The molecule has 1 aliphatic heterocycles. The third-order valence-corrected chi connectivity index (χ3v) is 6.34. The molecule has 0 spiro atoms. The molecule has 1 amide bonds. The summed E-state index contributed by atoms with van der Waals surface area (Å²) in [7, 11) is 1.81. The van der Waals surface area contributed by atoms with Gasteiger partial charge < -0.3 is 16.0 Å². The van der Waals surface area contributed by atoms with Crippen molar-refractivity contribution in [2.24, 2.45) is 10.9 Å². The van der Waals surface area contributed by atoms with E-state index in [9.17, 15) is 4.79 Å². The number of carbonyl (C=O) groups excluding carboxylic acids is 1. The Hall–Kier alpha value is -1.35. The van der Waals surface area contributed by atoms with Crippen LogP contribution in [0.3, 0.4) is 0 Å². The highest BCUT2D eigenvalue weighted by atomic mass is 127. The summed E-state index contributed by atoms with van der Waals surface area (Å²) in [6.07, 6.45) is 9.25. The van der Waals surface area contributed by atoms with Gasteiger partial charge in [0.05, 0.1) is 0 Å². The Morgan fingerprint density at radius 3 is 2.35 bits per heavy atom. The first-order chi connectivity index (χ1) is 14.7. The summed E-state index contributed by atoms with van der Waals surface area (Å²) < 4.78 is 0. The number of benzene rings is 1. The Balaban J connectivity index is 0.00000341. The Labute approximate surface area is 205 Å². The zero-order valence-corrected chi connectivity index (χ0v) is 21.3. The maximum atomic E-state index is 12.1. The highest BCUT2D eigenvalue weighted by molar-refractivity contribution is 14.0. The predicted octanol–water partition coefficient (Wildman–Crippen LogP) is 3.52. The number of piperidine rings is 1. The van der Waals surface area contributed by atoms with Gasteiger partial charge in [0, 0.05) is 52.2 Å². The topological polar surface area (TPSA) is 68.8 Å². The van der Waals surface area contributed by atoms with E-state index in [4.69, 9.17) is 0 Å². The summed E-state index contributed by atoms with van der Waals surface area (Å²) in [5.74, 6) is 1.62. The molecule has 31 heavy (non-hydrogen) atoms. The van der Waals surface area contributed by atoms with E-state index in [0.29, 0.717) is 31.5 Å². The minimum Gasteiger partial charge on any atom is -0.355 e. The van der Waals surface area contributed by atoms with Gasteiger partial charge in [0.25, 0.3) is 0 Å². The lowest BCUT2D eigenvalue weighted by molar-refractivity contribution is -0.122. The van der Waals surface area contributed by atoms with Gasteiger partial charge in [0.2, 0.25) is 5.91 Å². The third-order valence-electron chi connectivity index (χ3n) is 6.34. The quantitative estimate of drug-likeness (QED) is 0.204. The average Bonchev–Trinajstić information content (AvgIpc) is 2.78. The maximum absolute atomic E-state index is 12.1. The second-order valence-electron chi connectivity index (χ2n) is 8.74. The number of aliphatic imine (C=N–C) groups is 1. The van der Waals surface area contributed by atoms with Gasteiger partial charge in [-0.1, -0.05) is 49.6 Å². The first-order valence-corrected chi connectivity index (χ1v) is 11.7. The van der Waals surface area contributed by atoms with Gasteiger partial charge in [-0.05, 0) is 37.2 Å². The minimum absolute atomic E-state index is 0. The molecule has 3 N–H and O–H groups in total. The summed E-state index contributed by atoms with van der Waals surface area (Å²) in [4.78, 5) is 19.0. The number of halogens is 1. The molecule has 0 atom stereocenters. The lowest BCUT2D eigenvalue weighted by Crippen LogP contribution is -2.49. The van der Waals surface area contributed by atoms with E-state index in [-0.39, 0.29) is 29.9 Å². The summed E-state index contributed by atoms with van der Waals surface area (Å²) in [5, 5.41) is 9.93. The SMILES string of the molecule is CN=C(NCCNC(=O)CC1CCCCC1)NC1CCN(Cc2ccccc2)CC1.I. The van der Waals surface area contributed by atoms with E-state index in [1.807, 2.05) is 7.05 Å². The van der Waals surface area contributed by atoms with E-state index in [1.165, 1.54) is 37.7 Å². The van der Waals surface area contributed by atoms with Gasteiger partial charge >= 0.3 is 0 Å². The van der Waals surface area contributed by atoms with Crippen molar-refractivity contribution < 1.29 is 4.79 Å². The summed E-state index contributed by atoms with van der Waals surface area (Å²) >= 11 is 0. The number of amides is 1. The van der Waals surface area contributed by atoms with Crippen LogP contribution < -0.4 is 16.0 Å². The molecule has 3 rings (SSSR count). The molecule has 2 aliphatic rings. The lowest BCUT2D eigenvalue weighted by atomic mass is 9.87. The van der Waals surface area contributed by atoms with Gasteiger partial charge in [-0.25, -0.2) is 0 Å². The fraction of sp³-hybridized carbons (Fsp3) is 0.667. The first-order valence-electron chi connectivity index (χ1n) is 11.7. The highest BCUT2D eigenvalue weighted by Crippen LogP contribution is 2.25. The Morgan fingerprint density at radius 2 is 1.68 bits per heavy atom. The molecular weight excluding hydrogens is 501 g/mol. The molecule has 1 saturated heterocycles. The second-order valence-corrected chi connectivity index (χ2v) is 8.74. The maximum Gasteiger partial charge on any atom is 0.220 e. The fourth-order valence-electron chi connectivity index (χ4n) is 4.57. The molecule has 6 nitrogen and oxygen atoms in total. The Kier molecular flexibility index (Phi) is 12.3. The number of guanidine groups is 1. The summed E-state index contributed by atoms with van der Waals surface area (Å²) in [6.45, 7) is 4.56. The van der Waals surface area contributed by atoms with Crippen molar-refractivity contribution >= 4 is 35.8 Å². The van der Waals surface area contributed by atoms with Gasteiger partial charge in [0.15, 0.2) is 5.96 Å². The molecule has 7 heteroatoms. The van der Waals surface area contributed by atoms with Gasteiger partial charge in [-0.2, -0.15) is 0 Å². The zero-order chi connectivity index (χ0) is 21.0. The first kappa shape index (κ1) is 25.9. The number of hydrogen-bond donors (Lipinski definition) is 3. The fourth-order valence-corrected chi connectivity index (χ4v) is 4.57. The number of carbonyl (C=O) groups is 1. The largest absolute Gasteiger partial charge is 0.355 e. The van der Waals surface area contributed by atoms with E-state index in [0.717, 1.165) is 38.4 Å². The van der Waals surface area contributed by atoms with Crippen molar-refractivity contribution in [3.8, 4) is 0 Å². The van der Waals surface area contributed by atoms with E-state index in [1.54, 1.807) is 0 Å². The van der Waals surface area contributed by atoms with Crippen molar-refractivity contribution in [1.82, 2.24) is 20.9 Å². The van der Waals surface area contributed by atoms with Gasteiger partial charge in [-0.15, -0.1) is 24.0 Å². The lowest BCUT2D eigenvalue weighted by Gasteiger charge is -2.33. The van der Waals surface area contributed by atoms with E-state index in [2.05, 4.69) is 56.2 Å². The molecular formula is C24H40IN5O. The van der Waals surface area contributed by atoms with Crippen LogP contribution in [0.1, 0.15) is 56.9 Å². The van der Waals surface area contributed by atoms with Crippen molar-refractivity contribution in [2.75, 3.05) is 33.2 Å². The van der Waals surface area contributed by atoms with Crippen LogP contribution in [-0.4, -0.2) is 56.0 Å². The molecule has 0 unspecified atom stereocenters. The standard InChI is InChI=1S/C24H39N5O.HI/c1-25-24(27-15-14-26-23(30)18-20-8-4-2-5-9-20)28-22-12-16-29(17-13-22)19-21-10-6-3-7-11-21;/h3,6-7,10-11,20,22H,2,4-5,8-9,12-19H2,1H3,(H,26,30)(H2,25,27,28);1H. The van der Waals surface area contributed by atoms with Gasteiger partial charge in [-0.3, -0.25) is 14.7 Å². The van der Waals surface area contributed by atoms with E-state index < -0.39 is 0 Å². The molecule has 0 bridgehead atoms. The summed E-state index contributed by atoms with van der Waals surface area (Å²) in [6, 6.07) is 11.1. The van der Waals surface area contributed by atoms with E-state index >= 15 is 0 Å². The van der Waals surface area contributed by atoms with Crippen LogP contribution in [0.2, 0.25) is 0 Å². The molecule has 0 radical (unpaired) electrons. The van der Waals surface area contributed by atoms with Crippen LogP contribution in [0.5, 0.6) is 0 Å². The zero-order valence-electron chi connectivity index (χ0n) is 18.9. The predicted molar refractivity (Wildman–Crippen MR) is 139 cm³/mol. The van der Waals surface area contributed by atoms with Crippen LogP contribution in [0, 0.1) is 5.92 Å². The van der Waals surface area contributed by atoms with Crippen molar-refractivity contribution in [2.45, 2.75) is 64.0 Å². The van der Waals surface area contributed by atoms with Crippen LogP contribution in [-0.2, 0) is 11.3 Å². The van der Waals surface area contributed by atoms with Crippen LogP contribution in [0.15, 0.2) is 35.3 Å². The normalized spacial score (nSPS) is 18.8. The monoisotopic (exact) mass is 541 g/mol. The Morgan fingerprint density at radius 1 is 1.00 bits per heavy atom. The van der Waals surface area contributed by atoms with Crippen LogP contribution in [0.4, 0.5) is 0 Å². The number of nitrogens with zero attached hydrogens (tertiary/aromatic N) is 2. The van der Waals surface area contributed by atoms with Crippen molar-refractivity contribution in [1.29, 1.82) is 0 Å². The average molecular weight is 542 g/mol. The second kappa shape index (κ2) is 14.7. The minimum atomic E-state index is 0. The van der Waals surface area contributed by atoms with Crippen molar-refractivity contribution in [3.63, 3.8) is 0 Å². The third kappa shape index (κ3) is 9.76. The number of nitrogens with one attached hydrogen (secondary N) is 3. The number of likely N-dealkylation sites (tertiary alicyclic amines) is 1. The van der Waals surface area contributed by atoms with Gasteiger partial charge in [0.1, 0.15) is 0 Å². The molecule has 1 aliphatic carbocycles. The molecule has 1 heterocycles. The number of hydrogen-bond acceptors (Lipinski definition) is 3. The highest BCUT2D eigenvalue weighted by Gasteiger charge is 2.20. The van der Waals surface area contributed by atoms with Crippen LogP contribution in [0.25, 0.3) is 0 Å². The molecule has 174 valence electrons. The molecule has 0 aromatic heterocycles. The number of rotatable bonds is 8. The molecule has 1 saturated carbocycles. The van der Waals surface area contributed by atoms with Crippen LogP contribution >= 0.6 is 24.0 Å². The molecule has 1 aromatic rings. The molecule has 1 aromatic carbocycles. The Bertz CT molecular complexity index is 655.